The molecule has 1 unspecified atom stereocenters. The van der Waals surface area contributed by atoms with Crippen LogP contribution < -0.4 is 0 Å². The second kappa shape index (κ2) is 7.39. The van der Waals surface area contributed by atoms with Gasteiger partial charge in [0.2, 0.25) is 0 Å². The van der Waals surface area contributed by atoms with Crippen LogP contribution in [0.1, 0.15) is 36.8 Å². The molecule has 0 aromatic heterocycles. The highest BCUT2D eigenvalue weighted by molar-refractivity contribution is 5.22. The van der Waals surface area contributed by atoms with Crippen LogP contribution in [0.25, 0.3) is 0 Å². The maximum Gasteiger partial charge on any atom is 0.0681 e. The summed E-state index contributed by atoms with van der Waals surface area (Å²) in [6, 6.07) is 8.39. The molecule has 2 aliphatic rings. The van der Waals surface area contributed by atoms with Crippen LogP contribution in [0.2, 0.25) is 0 Å². The summed E-state index contributed by atoms with van der Waals surface area (Å²) in [5.41, 5.74) is 2.37. The second-order valence-electron chi connectivity index (χ2n) is 6.73. The number of nitrogens with zero attached hydrogens (tertiary/aromatic N) is 2. The Hall–Kier alpha value is -0.900. The Balaban J connectivity index is 1.45. The summed E-state index contributed by atoms with van der Waals surface area (Å²) in [6.07, 6.45) is 5.57. The first-order chi connectivity index (χ1) is 10.3. The lowest BCUT2D eigenvalue weighted by molar-refractivity contribution is 0.193. The van der Waals surface area contributed by atoms with Crippen LogP contribution >= 0.6 is 0 Å². The minimum Gasteiger partial charge on any atom is -0.392 e. The molecule has 3 nitrogen and oxygen atoms in total. The van der Waals surface area contributed by atoms with E-state index in [2.05, 4.69) is 21.9 Å². The molecule has 116 valence electrons. The molecule has 1 atom stereocenters. The van der Waals surface area contributed by atoms with Crippen LogP contribution in [0.3, 0.4) is 0 Å². The zero-order valence-corrected chi connectivity index (χ0v) is 13.0. The zero-order chi connectivity index (χ0) is 14.5. The molecule has 21 heavy (non-hydrogen) atoms. The molecule has 1 aromatic carbocycles. The van der Waals surface area contributed by atoms with Gasteiger partial charge in [-0.1, -0.05) is 30.7 Å². The predicted molar refractivity (Wildman–Crippen MR) is 86.0 cm³/mol. The quantitative estimate of drug-likeness (QED) is 0.902. The van der Waals surface area contributed by atoms with Crippen LogP contribution in [-0.4, -0.2) is 47.6 Å². The smallest absolute Gasteiger partial charge is 0.0681 e. The Morgan fingerprint density at radius 3 is 2.33 bits per heavy atom. The van der Waals surface area contributed by atoms with E-state index in [0.717, 1.165) is 18.0 Å². The third-order valence-corrected chi connectivity index (χ3v) is 4.95. The van der Waals surface area contributed by atoms with Crippen molar-refractivity contribution in [3.05, 3.63) is 35.4 Å². The molecule has 2 heterocycles. The Labute approximate surface area is 128 Å². The number of benzene rings is 1. The Kier molecular flexibility index (Phi) is 5.28. The van der Waals surface area contributed by atoms with Crippen molar-refractivity contribution in [3.8, 4) is 0 Å². The normalized spacial score (nSPS) is 24.5. The topological polar surface area (TPSA) is 26.7 Å². The highest BCUT2D eigenvalue weighted by Crippen LogP contribution is 2.21. The van der Waals surface area contributed by atoms with Gasteiger partial charge in [0.25, 0.3) is 0 Å². The predicted octanol–water partition coefficient (Wildman–Crippen LogP) is 2.49. The van der Waals surface area contributed by atoms with Crippen LogP contribution in [-0.2, 0) is 13.2 Å². The number of hydrogen-bond donors (Lipinski definition) is 1. The summed E-state index contributed by atoms with van der Waals surface area (Å²) < 4.78 is 0. The van der Waals surface area contributed by atoms with Crippen molar-refractivity contribution < 1.29 is 5.11 Å². The van der Waals surface area contributed by atoms with Gasteiger partial charge in [-0.2, -0.15) is 0 Å². The van der Waals surface area contributed by atoms with E-state index in [9.17, 15) is 0 Å². The van der Waals surface area contributed by atoms with Crippen molar-refractivity contribution >= 4 is 0 Å². The number of likely N-dealkylation sites (tertiary alicyclic amines) is 2. The van der Waals surface area contributed by atoms with Crippen molar-refractivity contribution in [1.82, 2.24) is 9.80 Å². The van der Waals surface area contributed by atoms with Crippen LogP contribution in [0.5, 0.6) is 0 Å². The van der Waals surface area contributed by atoms with Crippen molar-refractivity contribution in [2.75, 3.05) is 32.7 Å². The summed E-state index contributed by atoms with van der Waals surface area (Å²) in [7, 11) is 0. The van der Waals surface area contributed by atoms with Crippen LogP contribution in [0.4, 0.5) is 0 Å². The number of rotatable bonds is 5. The van der Waals surface area contributed by atoms with Gasteiger partial charge >= 0.3 is 0 Å². The number of aliphatic hydroxyl groups excluding tert-OH is 1. The van der Waals surface area contributed by atoms with Crippen molar-refractivity contribution in [2.24, 2.45) is 5.92 Å². The third-order valence-electron chi connectivity index (χ3n) is 4.95. The van der Waals surface area contributed by atoms with Gasteiger partial charge in [0, 0.05) is 19.6 Å². The van der Waals surface area contributed by atoms with E-state index < -0.39 is 0 Å². The summed E-state index contributed by atoms with van der Waals surface area (Å²) in [6.45, 7) is 7.63. The van der Waals surface area contributed by atoms with E-state index in [1.54, 1.807) is 0 Å². The molecule has 0 amide bonds. The first-order valence-electron chi connectivity index (χ1n) is 8.47. The standard InChI is InChI=1S/C18H28N2O/c21-15-17-6-4-16(5-7-17)12-20-11-8-18(14-20)13-19-9-2-1-3-10-19/h4-7,18,21H,1-3,8-15H2. The van der Waals surface area contributed by atoms with E-state index in [0.29, 0.717) is 0 Å². The molecule has 3 heteroatoms. The largest absolute Gasteiger partial charge is 0.392 e. The molecule has 1 N–H and O–H groups in total. The molecule has 0 aliphatic carbocycles. The van der Waals surface area contributed by atoms with Gasteiger partial charge in [0.15, 0.2) is 0 Å². The second-order valence-corrected chi connectivity index (χ2v) is 6.73. The molecule has 0 saturated carbocycles. The average molecular weight is 288 g/mol. The maximum absolute atomic E-state index is 9.09. The average Bonchev–Trinajstić information content (AvgIpc) is 2.96. The number of hydrogen-bond acceptors (Lipinski definition) is 3. The monoisotopic (exact) mass is 288 g/mol. The number of piperidine rings is 1. The molecular formula is C18H28N2O. The summed E-state index contributed by atoms with van der Waals surface area (Å²) in [4.78, 5) is 5.26. The van der Waals surface area contributed by atoms with Gasteiger partial charge in [0.05, 0.1) is 6.61 Å². The zero-order valence-electron chi connectivity index (χ0n) is 13.0. The first-order valence-corrected chi connectivity index (χ1v) is 8.47. The lowest BCUT2D eigenvalue weighted by Gasteiger charge is -2.29. The van der Waals surface area contributed by atoms with Crippen molar-refractivity contribution in [3.63, 3.8) is 0 Å². The van der Waals surface area contributed by atoms with Crippen LogP contribution in [0.15, 0.2) is 24.3 Å². The fourth-order valence-corrected chi connectivity index (χ4v) is 3.72. The third kappa shape index (κ3) is 4.29. The molecule has 0 radical (unpaired) electrons. The SMILES string of the molecule is OCc1ccc(CN2CCC(CN3CCCCC3)C2)cc1. The summed E-state index contributed by atoms with van der Waals surface area (Å²) in [5, 5.41) is 9.09. The molecule has 2 fully saturated rings. The molecule has 0 bridgehead atoms. The van der Waals surface area contributed by atoms with Crippen LogP contribution in [0, 0.1) is 5.92 Å². The minimum atomic E-state index is 0.141. The number of aliphatic hydroxyl groups is 1. The van der Waals surface area contributed by atoms with E-state index in [4.69, 9.17) is 5.11 Å². The molecule has 3 rings (SSSR count). The first kappa shape index (κ1) is 15.0. The van der Waals surface area contributed by atoms with E-state index in [1.807, 2.05) is 12.1 Å². The Morgan fingerprint density at radius 1 is 0.905 bits per heavy atom. The molecule has 2 aliphatic heterocycles. The summed E-state index contributed by atoms with van der Waals surface area (Å²) >= 11 is 0. The van der Waals surface area contributed by atoms with Gasteiger partial charge in [-0.15, -0.1) is 0 Å². The lowest BCUT2D eigenvalue weighted by Crippen LogP contribution is -2.35. The Morgan fingerprint density at radius 2 is 1.62 bits per heavy atom. The van der Waals surface area contributed by atoms with Gasteiger partial charge in [-0.25, -0.2) is 0 Å². The van der Waals surface area contributed by atoms with E-state index in [1.165, 1.54) is 64.0 Å². The maximum atomic E-state index is 9.09. The van der Waals surface area contributed by atoms with Crippen molar-refractivity contribution in [2.45, 2.75) is 38.8 Å². The fourth-order valence-electron chi connectivity index (χ4n) is 3.72. The van der Waals surface area contributed by atoms with E-state index >= 15 is 0 Å². The lowest BCUT2D eigenvalue weighted by atomic mass is 10.1. The highest BCUT2D eigenvalue weighted by atomic mass is 16.3. The van der Waals surface area contributed by atoms with Gasteiger partial charge in [-0.05, 0) is 55.9 Å². The fraction of sp³-hybridized carbons (Fsp3) is 0.667. The summed E-state index contributed by atoms with van der Waals surface area (Å²) in [5.74, 6) is 0.861. The highest BCUT2D eigenvalue weighted by Gasteiger charge is 2.24. The van der Waals surface area contributed by atoms with Crippen molar-refractivity contribution in [1.29, 1.82) is 0 Å². The Bertz CT molecular complexity index is 425. The van der Waals surface area contributed by atoms with E-state index in [-0.39, 0.29) is 6.61 Å². The molecule has 1 aromatic rings. The van der Waals surface area contributed by atoms with Gasteiger partial charge in [0.1, 0.15) is 0 Å². The molecular weight excluding hydrogens is 260 g/mol. The molecule has 0 spiro atoms. The minimum absolute atomic E-state index is 0.141. The van der Waals surface area contributed by atoms with Gasteiger partial charge < -0.3 is 10.0 Å². The van der Waals surface area contributed by atoms with Gasteiger partial charge in [-0.3, -0.25) is 4.90 Å². The molecule has 2 saturated heterocycles.